The van der Waals surface area contributed by atoms with E-state index in [9.17, 15) is 4.79 Å². The Morgan fingerprint density at radius 3 is 2.86 bits per heavy atom. The zero-order valence-corrected chi connectivity index (χ0v) is 7.71. The van der Waals surface area contributed by atoms with Gasteiger partial charge in [0.15, 0.2) is 6.29 Å². The Bertz CT molecular complexity index is 462. The summed E-state index contributed by atoms with van der Waals surface area (Å²) in [6.45, 7) is 1.96. The van der Waals surface area contributed by atoms with Gasteiger partial charge in [0.1, 0.15) is 0 Å². The molecule has 0 unspecified atom stereocenters. The number of hydrogen-bond donors (Lipinski definition) is 0. The molecule has 2 aromatic rings. The zero-order valence-electron chi connectivity index (χ0n) is 7.71. The van der Waals surface area contributed by atoms with Crippen LogP contribution in [0, 0.1) is 6.92 Å². The summed E-state index contributed by atoms with van der Waals surface area (Å²) < 4.78 is 1.69. The fourth-order valence-electron chi connectivity index (χ4n) is 1.19. The van der Waals surface area contributed by atoms with Crippen molar-refractivity contribution >= 4 is 6.29 Å². The zero-order chi connectivity index (χ0) is 9.97. The van der Waals surface area contributed by atoms with Crippen LogP contribution < -0.4 is 0 Å². The Morgan fingerprint density at radius 1 is 1.36 bits per heavy atom. The first-order valence-corrected chi connectivity index (χ1v) is 4.21. The number of carbonyl (C=O) groups is 1. The van der Waals surface area contributed by atoms with E-state index in [-0.39, 0.29) is 0 Å². The molecule has 0 aliphatic heterocycles. The Morgan fingerprint density at radius 2 is 2.21 bits per heavy atom. The van der Waals surface area contributed by atoms with E-state index >= 15 is 0 Å². The number of rotatable bonds is 2. The molecule has 2 rings (SSSR count). The summed E-state index contributed by atoms with van der Waals surface area (Å²) in [6.07, 6.45) is 7.60. The van der Waals surface area contributed by atoms with Gasteiger partial charge in [-0.05, 0) is 18.6 Å². The molecule has 14 heavy (non-hydrogen) atoms. The second-order valence-corrected chi connectivity index (χ2v) is 3.06. The molecule has 0 radical (unpaired) electrons. The first-order valence-electron chi connectivity index (χ1n) is 4.21. The van der Waals surface area contributed by atoms with Gasteiger partial charge < -0.3 is 0 Å². The van der Waals surface area contributed by atoms with Crippen LogP contribution in [0.5, 0.6) is 0 Å². The molecule has 2 heterocycles. The molecule has 0 aliphatic carbocycles. The summed E-state index contributed by atoms with van der Waals surface area (Å²) in [4.78, 5) is 14.5. The standard InChI is InChI=1S/C10H9N3O/c1-8-3-12-13(6-8)10-2-9(7-14)4-11-5-10/h2-7H,1H3. The maximum absolute atomic E-state index is 10.5. The van der Waals surface area contributed by atoms with Gasteiger partial charge in [-0.25, -0.2) is 4.68 Å². The summed E-state index contributed by atoms with van der Waals surface area (Å²) in [6, 6.07) is 1.74. The molecule has 70 valence electrons. The summed E-state index contributed by atoms with van der Waals surface area (Å²) in [5.74, 6) is 0. The third-order valence-electron chi connectivity index (χ3n) is 1.86. The molecule has 0 atom stereocenters. The van der Waals surface area contributed by atoms with Gasteiger partial charge in [-0.1, -0.05) is 0 Å². The summed E-state index contributed by atoms with van der Waals surface area (Å²) in [7, 11) is 0. The lowest BCUT2D eigenvalue weighted by molar-refractivity contribution is 0.112. The minimum absolute atomic E-state index is 0.552. The highest BCUT2D eigenvalue weighted by molar-refractivity contribution is 5.75. The van der Waals surface area contributed by atoms with E-state index in [0.717, 1.165) is 17.5 Å². The van der Waals surface area contributed by atoms with Crippen LogP contribution in [0.3, 0.4) is 0 Å². The molecule has 4 nitrogen and oxygen atoms in total. The number of aromatic nitrogens is 3. The Labute approximate surface area is 81.2 Å². The van der Waals surface area contributed by atoms with Gasteiger partial charge in [-0.15, -0.1) is 0 Å². The molecule has 4 heteroatoms. The van der Waals surface area contributed by atoms with Crippen molar-refractivity contribution in [3.63, 3.8) is 0 Å². The molecule has 0 aromatic carbocycles. The van der Waals surface area contributed by atoms with Gasteiger partial charge in [0, 0.05) is 18.0 Å². The highest BCUT2D eigenvalue weighted by Crippen LogP contribution is 2.07. The number of aldehydes is 1. The fraction of sp³-hybridized carbons (Fsp3) is 0.100. The Hall–Kier alpha value is -1.97. The van der Waals surface area contributed by atoms with E-state index < -0.39 is 0 Å². The number of aryl methyl sites for hydroxylation is 1. The van der Waals surface area contributed by atoms with Crippen molar-refractivity contribution < 1.29 is 4.79 Å². The Kier molecular flexibility index (Phi) is 2.10. The molecule has 0 saturated heterocycles. The van der Waals surface area contributed by atoms with E-state index in [4.69, 9.17) is 0 Å². The first-order chi connectivity index (χ1) is 6.79. The first kappa shape index (κ1) is 8.62. The van der Waals surface area contributed by atoms with Crippen molar-refractivity contribution in [2.75, 3.05) is 0 Å². The van der Waals surface area contributed by atoms with Crippen LogP contribution in [0.15, 0.2) is 30.9 Å². The van der Waals surface area contributed by atoms with Gasteiger partial charge in [0.05, 0.1) is 18.1 Å². The van der Waals surface area contributed by atoms with E-state index in [2.05, 4.69) is 10.1 Å². The lowest BCUT2D eigenvalue weighted by Crippen LogP contribution is -1.96. The molecular weight excluding hydrogens is 178 g/mol. The largest absolute Gasteiger partial charge is 0.298 e. The van der Waals surface area contributed by atoms with Crippen LogP contribution >= 0.6 is 0 Å². The monoisotopic (exact) mass is 187 g/mol. The van der Waals surface area contributed by atoms with Gasteiger partial charge in [-0.3, -0.25) is 9.78 Å². The summed E-state index contributed by atoms with van der Waals surface area (Å²) in [5.41, 5.74) is 2.42. The fourth-order valence-corrected chi connectivity index (χ4v) is 1.19. The SMILES string of the molecule is Cc1cnn(-c2cncc(C=O)c2)c1. The minimum Gasteiger partial charge on any atom is -0.298 e. The maximum atomic E-state index is 10.5. The van der Waals surface area contributed by atoms with E-state index in [1.807, 2.05) is 13.1 Å². The Balaban J connectivity index is 2.46. The maximum Gasteiger partial charge on any atom is 0.151 e. The minimum atomic E-state index is 0.552. The van der Waals surface area contributed by atoms with Crippen LogP contribution in [-0.2, 0) is 0 Å². The molecular formula is C10H9N3O. The molecule has 0 N–H and O–H groups in total. The number of hydrogen-bond acceptors (Lipinski definition) is 3. The molecule has 0 spiro atoms. The molecule has 0 aliphatic rings. The van der Waals surface area contributed by atoms with Crippen LogP contribution in [0.1, 0.15) is 15.9 Å². The highest BCUT2D eigenvalue weighted by atomic mass is 16.1. The van der Waals surface area contributed by atoms with Crippen LogP contribution in [0.25, 0.3) is 5.69 Å². The normalized spacial score (nSPS) is 10.1. The van der Waals surface area contributed by atoms with E-state index in [1.54, 1.807) is 23.1 Å². The summed E-state index contributed by atoms with van der Waals surface area (Å²) in [5, 5.41) is 4.12. The predicted molar refractivity (Wildman–Crippen MR) is 51.5 cm³/mol. The second kappa shape index (κ2) is 3.41. The molecule has 0 amide bonds. The van der Waals surface area contributed by atoms with Gasteiger partial charge in [0.25, 0.3) is 0 Å². The highest BCUT2D eigenvalue weighted by Gasteiger charge is 1.99. The topological polar surface area (TPSA) is 47.8 Å². The van der Waals surface area contributed by atoms with Crippen molar-refractivity contribution in [1.29, 1.82) is 0 Å². The van der Waals surface area contributed by atoms with Gasteiger partial charge in [0.2, 0.25) is 0 Å². The molecule has 0 bridgehead atoms. The lowest BCUT2D eigenvalue weighted by Gasteiger charge is -1.99. The van der Waals surface area contributed by atoms with Gasteiger partial charge in [-0.2, -0.15) is 5.10 Å². The number of nitrogens with zero attached hydrogens (tertiary/aromatic N) is 3. The lowest BCUT2D eigenvalue weighted by atomic mass is 10.3. The number of carbonyl (C=O) groups excluding carboxylic acids is 1. The van der Waals surface area contributed by atoms with Crippen LogP contribution in [0.4, 0.5) is 0 Å². The van der Waals surface area contributed by atoms with Gasteiger partial charge >= 0.3 is 0 Å². The third kappa shape index (κ3) is 1.54. The quantitative estimate of drug-likeness (QED) is 0.667. The average Bonchev–Trinajstić information content (AvgIpc) is 2.65. The molecule has 0 saturated carbocycles. The molecule has 0 fully saturated rings. The number of pyridine rings is 1. The predicted octanol–water partition coefficient (Wildman–Crippen LogP) is 1.39. The molecule has 2 aromatic heterocycles. The third-order valence-corrected chi connectivity index (χ3v) is 1.86. The van der Waals surface area contributed by atoms with Crippen molar-refractivity contribution in [2.24, 2.45) is 0 Å². The van der Waals surface area contributed by atoms with Crippen molar-refractivity contribution in [2.45, 2.75) is 6.92 Å². The van der Waals surface area contributed by atoms with E-state index in [0.29, 0.717) is 5.56 Å². The smallest absolute Gasteiger partial charge is 0.151 e. The van der Waals surface area contributed by atoms with Crippen LogP contribution in [0.2, 0.25) is 0 Å². The van der Waals surface area contributed by atoms with E-state index in [1.165, 1.54) is 6.20 Å². The van der Waals surface area contributed by atoms with Crippen molar-refractivity contribution in [1.82, 2.24) is 14.8 Å². The second-order valence-electron chi connectivity index (χ2n) is 3.06. The average molecular weight is 187 g/mol. The van der Waals surface area contributed by atoms with Crippen molar-refractivity contribution in [3.05, 3.63) is 42.0 Å². The van der Waals surface area contributed by atoms with Crippen LogP contribution in [-0.4, -0.2) is 21.1 Å². The van der Waals surface area contributed by atoms with Crippen molar-refractivity contribution in [3.8, 4) is 5.69 Å². The summed E-state index contributed by atoms with van der Waals surface area (Å²) >= 11 is 0.